The zero-order valence-electron chi connectivity index (χ0n) is 9.77. The summed E-state index contributed by atoms with van der Waals surface area (Å²) in [4.78, 5) is 0. The van der Waals surface area contributed by atoms with Gasteiger partial charge in [-0.3, -0.25) is 0 Å². The summed E-state index contributed by atoms with van der Waals surface area (Å²) >= 11 is 0. The minimum absolute atomic E-state index is 0.154. The van der Waals surface area contributed by atoms with Gasteiger partial charge in [0.15, 0.2) is 11.5 Å². The van der Waals surface area contributed by atoms with Gasteiger partial charge in [0.1, 0.15) is 11.5 Å². The van der Waals surface area contributed by atoms with Crippen LogP contribution in [0.4, 0.5) is 0 Å². The van der Waals surface area contributed by atoms with E-state index in [9.17, 15) is 10.2 Å². The third kappa shape index (κ3) is 2.50. The van der Waals surface area contributed by atoms with Crippen LogP contribution in [-0.4, -0.2) is 10.2 Å². The summed E-state index contributed by atoms with van der Waals surface area (Å²) in [5.74, 6) is 0.898. The Morgan fingerprint density at radius 3 is 2.35 bits per heavy atom. The lowest BCUT2D eigenvalue weighted by Crippen LogP contribution is -1.88. The summed E-state index contributed by atoms with van der Waals surface area (Å²) in [5, 5.41) is 18.6. The highest BCUT2D eigenvalue weighted by Gasteiger charge is 2.05. The van der Waals surface area contributed by atoms with Gasteiger partial charge in [0.2, 0.25) is 0 Å². The highest BCUT2D eigenvalue weighted by Crippen LogP contribution is 2.32. The Morgan fingerprint density at radius 1 is 0.882 bits per heavy atom. The molecule has 0 saturated carbocycles. The van der Waals surface area contributed by atoms with Gasteiger partial charge in [-0.2, -0.15) is 0 Å². The molecule has 0 aliphatic rings. The van der Waals surface area contributed by atoms with Gasteiger partial charge < -0.3 is 14.9 Å². The van der Waals surface area contributed by atoms with E-state index in [1.165, 1.54) is 12.1 Å². The zero-order chi connectivity index (χ0) is 12.4. The number of ether oxygens (including phenoxy) is 1. The molecule has 0 saturated heterocycles. The van der Waals surface area contributed by atoms with E-state index in [2.05, 4.69) is 0 Å². The number of phenols is 2. The molecule has 0 aliphatic carbocycles. The standard InChI is InChI=1S/C14H14O3/c1-9-3-4-10(2)14(7-9)17-11-5-6-12(15)13(16)8-11/h3-8,15-16H,1-2H3. The maximum absolute atomic E-state index is 9.37. The molecular weight excluding hydrogens is 216 g/mol. The number of aromatic hydroxyl groups is 2. The molecule has 0 spiro atoms. The van der Waals surface area contributed by atoms with Crippen molar-refractivity contribution in [2.24, 2.45) is 0 Å². The summed E-state index contributed by atoms with van der Waals surface area (Å²) in [6.07, 6.45) is 0. The lowest BCUT2D eigenvalue weighted by molar-refractivity contribution is 0.397. The largest absolute Gasteiger partial charge is 0.504 e. The molecule has 3 nitrogen and oxygen atoms in total. The Kier molecular flexibility index (Phi) is 2.91. The Balaban J connectivity index is 2.31. The second-order valence-corrected chi connectivity index (χ2v) is 4.02. The average Bonchev–Trinajstić information content (AvgIpc) is 2.29. The van der Waals surface area contributed by atoms with Crippen LogP contribution in [0.1, 0.15) is 11.1 Å². The molecule has 0 heterocycles. The van der Waals surface area contributed by atoms with Gasteiger partial charge in [-0.15, -0.1) is 0 Å². The van der Waals surface area contributed by atoms with Crippen LogP contribution in [0.25, 0.3) is 0 Å². The van der Waals surface area contributed by atoms with Crippen LogP contribution in [0.5, 0.6) is 23.0 Å². The number of hydrogen-bond acceptors (Lipinski definition) is 3. The minimum atomic E-state index is -0.187. The first-order valence-corrected chi connectivity index (χ1v) is 5.33. The van der Waals surface area contributed by atoms with Crippen molar-refractivity contribution in [1.29, 1.82) is 0 Å². The third-order valence-electron chi connectivity index (χ3n) is 2.52. The lowest BCUT2D eigenvalue weighted by atomic mass is 10.1. The third-order valence-corrected chi connectivity index (χ3v) is 2.52. The zero-order valence-corrected chi connectivity index (χ0v) is 9.77. The summed E-state index contributed by atoms with van der Waals surface area (Å²) in [7, 11) is 0. The highest BCUT2D eigenvalue weighted by molar-refractivity contribution is 5.46. The first-order valence-electron chi connectivity index (χ1n) is 5.33. The summed E-state index contributed by atoms with van der Waals surface area (Å²) in [5.41, 5.74) is 2.12. The van der Waals surface area contributed by atoms with Crippen molar-refractivity contribution >= 4 is 0 Å². The Labute approximate surface area is 99.9 Å². The van der Waals surface area contributed by atoms with Crippen molar-refractivity contribution in [3.05, 3.63) is 47.5 Å². The van der Waals surface area contributed by atoms with Crippen LogP contribution in [0.2, 0.25) is 0 Å². The van der Waals surface area contributed by atoms with Crippen LogP contribution in [0, 0.1) is 13.8 Å². The van der Waals surface area contributed by atoms with Crippen LogP contribution in [0.3, 0.4) is 0 Å². The predicted molar refractivity (Wildman–Crippen MR) is 65.8 cm³/mol. The normalized spacial score (nSPS) is 10.2. The maximum Gasteiger partial charge on any atom is 0.161 e. The summed E-state index contributed by atoms with van der Waals surface area (Å²) in [6.45, 7) is 3.94. The van der Waals surface area contributed by atoms with Gasteiger partial charge in [-0.1, -0.05) is 12.1 Å². The Morgan fingerprint density at radius 2 is 1.65 bits per heavy atom. The van der Waals surface area contributed by atoms with Crippen LogP contribution in [-0.2, 0) is 0 Å². The molecule has 2 N–H and O–H groups in total. The van der Waals surface area contributed by atoms with E-state index in [1.54, 1.807) is 6.07 Å². The van der Waals surface area contributed by atoms with Crippen molar-refractivity contribution in [1.82, 2.24) is 0 Å². The molecule has 0 fully saturated rings. The fourth-order valence-electron chi connectivity index (χ4n) is 1.51. The molecule has 2 aromatic carbocycles. The van der Waals surface area contributed by atoms with E-state index in [-0.39, 0.29) is 11.5 Å². The fraction of sp³-hybridized carbons (Fsp3) is 0.143. The number of aryl methyl sites for hydroxylation is 2. The fourth-order valence-corrected chi connectivity index (χ4v) is 1.51. The first-order chi connectivity index (χ1) is 8.06. The smallest absolute Gasteiger partial charge is 0.161 e. The molecule has 0 radical (unpaired) electrons. The molecule has 0 atom stereocenters. The van der Waals surface area contributed by atoms with E-state index < -0.39 is 0 Å². The Hall–Kier alpha value is -2.16. The molecule has 88 valence electrons. The maximum atomic E-state index is 9.37. The van der Waals surface area contributed by atoms with Crippen molar-refractivity contribution in [3.8, 4) is 23.0 Å². The highest BCUT2D eigenvalue weighted by atomic mass is 16.5. The molecule has 0 bridgehead atoms. The molecule has 0 aliphatic heterocycles. The average molecular weight is 230 g/mol. The molecule has 0 aromatic heterocycles. The molecule has 2 rings (SSSR count). The second-order valence-electron chi connectivity index (χ2n) is 4.02. The van der Waals surface area contributed by atoms with E-state index in [1.807, 2.05) is 32.0 Å². The van der Waals surface area contributed by atoms with Crippen molar-refractivity contribution in [2.45, 2.75) is 13.8 Å². The number of rotatable bonds is 2. The quantitative estimate of drug-likeness (QED) is 0.776. The molecule has 17 heavy (non-hydrogen) atoms. The van der Waals surface area contributed by atoms with Gasteiger partial charge in [-0.05, 0) is 43.2 Å². The number of hydrogen-bond donors (Lipinski definition) is 2. The van der Waals surface area contributed by atoms with E-state index in [4.69, 9.17) is 4.74 Å². The molecular formula is C14H14O3. The SMILES string of the molecule is Cc1ccc(C)c(Oc2ccc(O)c(O)c2)c1. The van der Waals surface area contributed by atoms with Crippen LogP contribution in [0.15, 0.2) is 36.4 Å². The summed E-state index contributed by atoms with van der Waals surface area (Å²) < 4.78 is 5.65. The van der Waals surface area contributed by atoms with Crippen LogP contribution < -0.4 is 4.74 Å². The predicted octanol–water partition coefficient (Wildman–Crippen LogP) is 3.51. The summed E-state index contributed by atoms with van der Waals surface area (Å²) in [6, 6.07) is 10.3. The van der Waals surface area contributed by atoms with Gasteiger partial charge in [-0.25, -0.2) is 0 Å². The van der Waals surface area contributed by atoms with Gasteiger partial charge in [0.25, 0.3) is 0 Å². The molecule has 0 unspecified atom stereocenters. The second kappa shape index (κ2) is 4.37. The number of benzene rings is 2. The van der Waals surface area contributed by atoms with Gasteiger partial charge in [0, 0.05) is 6.07 Å². The van der Waals surface area contributed by atoms with E-state index in [0.717, 1.165) is 16.9 Å². The first kappa shape index (κ1) is 11.3. The van der Waals surface area contributed by atoms with Crippen LogP contribution >= 0.6 is 0 Å². The Bertz CT molecular complexity index is 547. The van der Waals surface area contributed by atoms with Crippen molar-refractivity contribution in [2.75, 3.05) is 0 Å². The molecule has 0 amide bonds. The van der Waals surface area contributed by atoms with Gasteiger partial charge >= 0.3 is 0 Å². The molecule has 2 aromatic rings. The minimum Gasteiger partial charge on any atom is -0.504 e. The monoisotopic (exact) mass is 230 g/mol. The van der Waals surface area contributed by atoms with Crippen molar-refractivity contribution < 1.29 is 14.9 Å². The van der Waals surface area contributed by atoms with E-state index >= 15 is 0 Å². The number of phenolic OH excluding ortho intramolecular Hbond substituents is 2. The van der Waals surface area contributed by atoms with Gasteiger partial charge in [0.05, 0.1) is 0 Å². The topological polar surface area (TPSA) is 49.7 Å². The molecule has 3 heteroatoms. The van der Waals surface area contributed by atoms with E-state index in [0.29, 0.717) is 5.75 Å². The van der Waals surface area contributed by atoms with Crippen molar-refractivity contribution in [3.63, 3.8) is 0 Å². The lowest BCUT2D eigenvalue weighted by Gasteiger charge is -2.10.